The van der Waals surface area contributed by atoms with Crippen LogP contribution < -0.4 is 10.1 Å². The van der Waals surface area contributed by atoms with Gasteiger partial charge in [0.1, 0.15) is 18.5 Å². The molecule has 2 aromatic carbocycles. The molecule has 2 aliphatic heterocycles. The Hall–Kier alpha value is -3.04. The molecular weight excluding hydrogens is 444 g/mol. The Kier molecular flexibility index (Phi) is 7.51. The molecule has 4 rings (SSSR count). The smallest absolute Gasteiger partial charge is 0.410 e. The van der Waals surface area contributed by atoms with Crippen molar-refractivity contribution < 1.29 is 28.6 Å². The molecule has 174 valence electrons. The molecule has 33 heavy (non-hydrogen) atoms. The van der Waals surface area contributed by atoms with E-state index >= 15 is 0 Å². The fraction of sp³-hybridized carbons (Fsp3) is 0.375. The number of ether oxygens (including phenoxy) is 3. The summed E-state index contributed by atoms with van der Waals surface area (Å²) in [7, 11) is 0. The van der Waals surface area contributed by atoms with Crippen molar-refractivity contribution in [3.63, 3.8) is 0 Å². The summed E-state index contributed by atoms with van der Waals surface area (Å²) in [6, 6.07) is 17.1. The van der Waals surface area contributed by atoms with Crippen molar-refractivity contribution in [2.45, 2.75) is 37.3 Å². The van der Waals surface area contributed by atoms with Gasteiger partial charge in [-0.2, -0.15) is 0 Å². The summed E-state index contributed by atoms with van der Waals surface area (Å²) < 4.78 is 17.0. The molecule has 1 N–H and O–H groups in total. The van der Waals surface area contributed by atoms with Crippen molar-refractivity contribution in [1.82, 2.24) is 10.2 Å². The number of benzene rings is 2. The lowest BCUT2D eigenvalue weighted by Crippen LogP contribution is -2.38. The monoisotopic (exact) mass is 470 g/mol. The van der Waals surface area contributed by atoms with Crippen LogP contribution >= 0.6 is 11.8 Å². The number of nitrogens with one attached hydrogen (secondary N) is 1. The Morgan fingerprint density at radius 1 is 1.09 bits per heavy atom. The molecule has 9 heteroatoms. The van der Waals surface area contributed by atoms with E-state index in [9.17, 15) is 14.4 Å². The van der Waals surface area contributed by atoms with Gasteiger partial charge in [-0.15, -0.1) is 0 Å². The summed E-state index contributed by atoms with van der Waals surface area (Å²) in [4.78, 5) is 36.9. The molecule has 8 nitrogen and oxygen atoms in total. The van der Waals surface area contributed by atoms with Crippen LogP contribution in [0.25, 0.3) is 0 Å². The number of imide groups is 1. The molecule has 2 heterocycles. The van der Waals surface area contributed by atoms with Crippen LogP contribution in [0.1, 0.15) is 18.1 Å². The predicted molar refractivity (Wildman–Crippen MR) is 123 cm³/mol. The third-order valence-corrected chi connectivity index (χ3v) is 6.43. The van der Waals surface area contributed by atoms with E-state index in [4.69, 9.17) is 14.2 Å². The Labute approximate surface area is 196 Å². The van der Waals surface area contributed by atoms with Crippen LogP contribution in [-0.4, -0.2) is 59.3 Å². The summed E-state index contributed by atoms with van der Waals surface area (Å²) in [6.07, 6.45) is -0.191. The summed E-state index contributed by atoms with van der Waals surface area (Å²) >= 11 is 1.02. The molecule has 0 radical (unpaired) electrons. The quantitative estimate of drug-likeness (QED) is 0.569. The van der Waals surface area contributed by atoms with E-state index in [-0.39, 0.29) is 29.4 Å². The topological polar surface area (TPSA) is 94.2 Å². The van der Waals surface area contributed by atoms with E-state index in [1.54, 1.807) is 4.90 Å². The first-order valence-corrected chi connectivity index (χ1v) is 11.7. The van der Waals surface area contributed by atoms with Gasteiger partial charge in [-0.05, 0) is 36.6 Å². The lowest BCUT2D eigenvalue weighted by Gasteiger charge is -2.22. The van der Waals surface area contributed by atoms with Crippen LogP contribution in [-0.2, 0) is 27.3 Å². The van der Waals surface area contributed by atoms with Crippen molar-refractivity contribution >= 4 is 29.0 Å². The number of hydrogen-bond acceptors (Lipinski definition) is 7. The average molecular weight is 471 g/mol. The minimum Gasteiger partial charge on any atom is -0.491 e. The van der Waals surface area contributed by atoms with Gasteiger partial charge >= 0.3 is 6.09 Å². The number of amides is 3. The highest BCUT2D eigenvalue weighted by Gasteiger charge is 2.35. The van der Waals surface area contributed by atoms with Crippen LogP contribution in [0.2, 0.25) is 0 Å². The van der Waals surface area contributed by atoms with Gasteiger partial charge in [-0.1, -0.05) is 54.2 Å². The maximum atomic E-state index is 12.3. The second kappa shape index (κ2) is 10.7. The zero-order valence-corrected chi connectivity index (χ0v) is 19.1. The number of thioether (sulfide) groups is 1. The molecular formula is C24H26N2O6S. The Balaban J connectivity index is 1.19. The molecule has 2 aliphatic rings. The van der Waals surface area contributed by atoms with Crippen LogP contribution in [0.4, 0.5) is 9.59 Å². The summed E-state index contributed by atoms with van der Waals surface area (Å²) in [5, 5.41) is 1.60. The van der Waals surface area contributed by atoms with E-state index in [0.29, 0.717) is 38.5 Å². The van der Waals surface area contributed by atoms with Crippen LogP contribution in [0.5, 0.6) is 5.75 Å². The first-order chi connectivity index (χ1) is 16.0. The van der Waals surface area contributed by atoms with Gasteiger partial charge in [0.15, 0.2) is 0 Å². The largest absolute Gasteiger partial charge is 0.491 e. The molecule has 3 amide bonds. The minimum atomic E-state index is -0.393. The lowest BCUT2D eigenvalue weighted by molar-refractivity contribution is -0.118. The zero-order chi connectivity index (χ0) is 23.2. The van der Waals surface area contributed by atoms with Crippen LogP contribution in [0, 0.1) is 0 Å². The molecule has 3 unspecified atom stereocenters. The lowest BCUT2D eigenvalue weighted by atomic mass is 10.1. The van der Waals surface area contributed by atoms with Gasteiger partial charge in [-0.3, -0.25) is 19.8 Å². The van der Waals surface area contributed by atoms with Gasteiger partial charge in [0.25, 0.3) is 5.24 Å². The molecule has 3 atom stereocenters. The molecule has 0 spiro atoms. The zero-order valence-electron chi connectivity index (χ0n) is 18.3. The van der Waals surface area contributed by atoms with Gasteiger partial charge < -0.3 is 14.2 Å². The van der Waals surface area contributed by atoms with Crippen molar-refractivity contribution in [2.24, 2.45) is 0 Å². The van der Waals surface area contributed by atoms with E-state index in [1.165, 1.54) is 0 Å². The molecule has 0 aromatic heterocycles. The molecule has 0 bridgehead atoms. The summed E-state index contributed by atoms with van der Waals surface area (Å²) in [6.45, 7) is 3.51. The molecule has 2 aromatic rings. The molecule has 2 saturated heterocycles. The first-order valence-electron chi connectivity index (χ1n) is 10.8. The third kappa shape index (κ3) is 6.27. The first kappa shape index (κ1) is 23.1. The normalized spacial score (nSPS) is 21.1. The molecule has 2 fully saturated rings. The van der Waals surface area contributed by atoms with E-state index in [2.05, 4.69) is 5.32 Å². The summed E-state index contributed by atoms with van der Waals surface area (Å²) in [5.74, 6) is 0.418. The van der Waals surface area contributed by atoms with Crippen molar-refractivity contribution in [3.8, 4) is 5.75 Å². The highest BCUT2D eigenvalue weighted by molar-refractivity contribution is 8.15. The van der Waals surface area contributed by atoms with Crippen LogP contribution in [0.3, 0.4) is 0 Å². The predicted octanol–water partition coefficient (Wildman–Crippen LogP) is 3.39. The number of rotatable bonds is 10. The third-order valence-electron chi connectivity index (χ3n) is 5.45. The minimum absolute atomic E-state index is 0.166. The van der Waals surface area contributed by atoms with E-state index in [0.717, 1.165) is 22.9 Å². The number of hydrogen-bond donors (Lipinski definition) is 1. The average Bonchev–Trinajstić information content (AvgIpc) is 3.34. The van der Waals surface area contributed by atoms with Crippen molar-refractivity contribution in [3.05, 3.63) is 65.7 Å². The van der Waals surface area contributed by atoms with Gasteiger partial charge in [-0.25, -0.2) is 4.79 Å². The number of cyclic esters (lactones) is 1. The fourth-order valence-electron chi connectivity index (χ4n) is 3.64. The molecule has 0 aliphatic carbocycles. The fourth-order valence-corrected chi connectivity index (χ4v) is 4.50. The molecule has 0 saturated carbocycles. The van der Waals surface area contributed by atoms with Gasteiger partial charge in [0.05, 0.1) is 31.1 Å². The number of carbonyl (C=O) groups is 3. The van der Waals surface area contributed by atoms with Crippen molar-refractivity contribution in [1.29, 1.82) is 0 Å². The number of nitrogens with zero attached hydrogens (tertiary/aromatic N) is 1. The standard InChI is InChI=1S/C24H26N2O6S/c1-16(26-12-20(32-24(26)29)15-30-14-18-5-3-2-4-6-18)13-31-19-9-7-17(8-10-19)11-21-22(27)25-23(28)33-21/h2-10,16,20-21H,11-15H2,1H3,(H,25,27,28). The van der Waals surface area contributed by atoms with E-state index in [1.807, 2.05) is 61.5 Å². The maximum Gasteiger partial charge on any atom is 0.410 e. The van der Waals surface area contributed by atoms with E-state index < -0.39 is 5.25 Å². The van der Waals surface area contributed by atoms with Gasteiger partial charge in [0.2, 0.25) is 5.91 Å². The van der Waals surface area contributed by atoms with Crippen molar-refractivity contribution in [2.75, 3.05) is 19.8 Å². The van der Waals surface area contributed by atoms with Gasteiger partial charge in [0, 0.05) is 0 Å². The second-order valence-corrected chi connectivity index (χ2v) is 9.23. The second-order valence-electron chi connectivity index (χ2n) is 8.05. The highest BCUT2D eigenvalue weighted by Crippen LogP contribution is 2.24. The highest BCUT2D eigenvalue weighted by atomic mass is 32.2. The Morgan fingerprint density at radius 2 is 1.85 bits per heavy atom. The Morgan fingerprint density at radius 3 is 2.55 bits per heavy atom. The maximum absolute atomic E-state index is 12.3. The van der Waals surface area contributed by atoms with Crippen LogP contribution in [0.15, 0.2) is 54.6 Å². The number of carbonyl (C=O) groups excluding carboxylic acids is 3. The Bertz CT molecular complexity index is 984. The SMILES string of the molecule is CC(COc1ccc(CC2SC(=O)NC2=O)cc1)N1CC(COCc2ccccc2)OC1=O. The summed E-state index contributed by atoms with van der Waals surface area (Å²) in [5.41, 5.74) is 2.02.